The fourth-order valence-corrected chi connectivity index (χ4v) is 3.35. The number of hydrogen-bond donors (Lipinski definition) is 0. The lowest BCUT2D eigenvalue weighted by Crippen LogP contribution is -2.03. The van der Waals surface area contributed by atoms with Crippen LogP contribution in [-0.2, 0) is 0 Å². The van der Waals surface area contributed by atoms with Crippen molar-refractivity contribution < 1.29 is 14.2 Å². The highest BCUT2D eigenvalue weighted by atomic mass is 16.5. The SMILES string of the molecule is CC(C)=COc1ccc(C(c2ccc(OC=C(C)C)cc2)c2ccc(OC=C(C)C)cc2)cc1. The molecule has 0 bridgehead atoms. The highest BCUT2D eigenvalue weighted by molar-refractivity contribution is 5.47. The molecule has 3 aromatic carbocycles. The molecule has 3 aromatic rings. The molecular weight excluding hydrogens is 420 g/mol. The van der Waals surface area contributed by atoms with Crippen molar-refractivity contribution in [2.45, 2.75) is 47.5 Å². The van der Waals surface area contributed by atoms with Crippen molar-refractivity contribution >= 4 is 0 Å². The first-order chi connectivity index (χ1) is 16.3. The third-order valence-corrected chi connectivity index (χ3v) is 4.93. The molecule has 176 valence electrons. The highest BCUT2D eigenvalue weighted by Gasteiger charge is 2.17. The molecule has 3 nitrogen and oxygen atoms in total. The van der Waals surface area contributed by atoms with Gasteiger partial charge in [-0.15, -0.1) is 0 Å². The van der Waals surface area contributed by atoms with E-state index >= 15 is 0 Å². The van der Waals surface area contributed by atoms with E-state index < -0.39 is 0 Å². The van der Waals surface area contributed by atoms with Crippen LogP contribution in [0.15, 0.2) is 108 Å². The molecule has 0 fully saturated rings. The Morgan fingerprint density at radius 2 is 0.676 bits per heavy atom. The summed E-state index contributed by atoms with van der Waals surface area (Å²) < 4.78 is 17.2. The lowest BCUT2D eigenvalue weighted by atomic mass is 9.85. The summed E-state index contributed by atoms with van der Waals surface area (Å²) >= 11 is 0. The number of allylic oxidation sites excluding steroid dienone is 3. The van der Waals surface area contributed by atoms with E-state index in [0.29, 0.717) is 0 Å². The summed E-state index contributed by atoms with van der Waals surface area (Å²) in [7, 11) is 0. The van der Waals surface area contributed by atoms with E-state index in [4.69, 9.17) is 14.2 Å². The average molecular weight is 455 g/mol. The molecule has 0 saturated carbocycles. The third-order valence-electron chi connectivity index (χ3n) is 4.93. The van der Waals surface area contributed by atoms with Crippen LogP contribution < -0.4 is 14.2 Å². The Balaban J connectivity index is 1.94. The van der Waals surface area contributed by atoms with Crippen LogP contribution in [0.3, 0.4) is 0 Å². The zero-order valence-electron chi connectivity index (χ0n) is 21.0. The fraction of sp³-hybridized carbons (Fsp3) is 0.226. The number of hydrogen-bond acceptors (Lipinski definition) is 3. The topological polar surface area (TPSA) is 27.7 Å². The van der Waals surface area contributed by atoms with E-state index in [1.807, 2.05) is 77.9 Å². The Morgan fingerprint density at radius 1 is 0.441 bits per heavy atom. The number of benzene rings is 3. The Bertz CT molecular complexity index is 986. The molecule has 0 spiro atoms. The second kappa shape index (κ2) is 11.9. The molecule has 0 heterocycles. The van der Waals surface area contributed by atoms with Crippen molar-refractivity contribution in [1.29, 1.82) is 0 Å². The van der Waals surface area contributed by atoms with Gasteiger partial charge in [0.25, 0.3) is 0 Å². The molecule has 0 aromatic heterocycles. The van der Waals surface area contributed by atoms with Crippen molar-refractivity contribution in [2.75, 3.05) is 0 Å². The normalized spacial score (nSPS) is 10.3. The lowest BCUT2D eigenvalue weighted by molar-refractivity contribution is 0.475. The smallest absolute Gasteiger partial charge is 0.126 e. The van der Waals surface area contributed by atoms with Crippen molar-refractivity contribution in [3.05, 3.63) is 125 Å². The maximum atomic E-state index is 5.73. The van der Waals surface area contributed by atoms with Gasteiger partial charge in [0.15, 0.2) is 0 Å². The van der Waals surface area contributed by atoms with Crippen LogP contribution in [0.25, 0.3) is 0 Å². The predicted molar refractivity (Wildman–Crippen MR) is 140 cm³/mol. The van der Waals surface area contributed by atoms with Crippen LogP contribution in [0.4, 0.5) is 0 Å². The monoisotopic (exact) mass is 454 g/mol. The molecule has 3 heteroatoms. The van der Waals surface area contributed by atoms with Gasteiger partial charge < -0.3 is 14.2 Å². The summed E-state index contributed by atoms with van der Waals surface area (Å²) in [5, 5.41) is 0. The van der Waals surface area contributed by atoms with E-state index in [-0.39, 0.29) is 5.92 Å². The quantitative estimate of drug-likeness (QED) is 0.239. The fourth-order valence-electron chi connectivity index (χ4n) is 3.35. The van der Waals surface area contributed by atoms with Crippen LogP contribution >= 0.6 is 0 Å². The molecule has 0 saturated heterocycles. The molecule has 0 unspecified atom stereocenters. The first-order valence-electron chi connectivity index (χ1n) is 11.5. The molecule has 34 heavy (non-hydrogen) atoms. The molecule has 0 N–H and O–H groups in total. The summed E-state index contributed by atoms with van der Waals surface area (Å²) in [6.07, 6.45) is 5.30. The van der Waals surface area contributed by atoms with E-state index in [9.17, 15) is 0 Å². The van der Waals surface area contributed by atoms with Gasteiger partial charge in [0.05, 0.1) is 18.8 Å². The zero-order chi connectivity index (χ0) is 24.5. The standard InChI is InChI=1S/C31H34O3/c1-22(2)19-32-28-13-7-25(8-14-28)31(26-9-15-29(16-10-26)33-20-23(3)4)27-11-17-30(18-12-27)34-21-24(5)6/h7-21,31H,1-6H3. The molecule has 3 rings (SSSR count). The Hall–Kier alpha value is -3.72. The minimum absolute atomic E-state index is 0.0625. The van der Waals surface area contributed by atoms with Gasteiger partial charge >= 0.3 is 0 Å². The maximum absolute atomic E-state index is 5.73. The summed E-state index contributed by atoms with van der Waals surface area (Å²) in [5.74, 6) is 2.52. The highest BCUT2D eigenvalue weighted by Crippen LogP contribution is 2.34. The van der Waals surface area contributed by atoms with E-state index in [0.717, 1.165) is 34.0 Å². The second-order valence-corrected chi connectivity index (χ2v) is 9.08. The van der Waals surface area contributed by atoms with Gasteiger partial charge in [-0.25, -0.2) is 0 Å². The Kier molecular flexibility index (Phi) is 8.75. The molecule has 0 aliphatic heterocycles. The first kappa shape index (κ1) is 24.9. The number of ether oxygens (including phenoxy) is 3. The van der Waals surface area contributed by atoms with Gasteiger partial charge in [-0.05, 0) is 111 Å². The molecule has 0 radical (unpaired) electrons. The van der Waals surface area contributed by atoms with Crippen molar-refractivity contribution in [3.63, 3.8) is 0 Å². The second-order valence-electron chi connectivity index (χ2n) is 9.08. The van der Waals surface area contributed by atoms with Crippen LogP contribution in [0, 0.1) is 0 Å². The molecule has 0 aliphatic carbocycles. The summed E-state index contributed by atoms with van der Waals surface area (Å²) in [4.78, 5) is 0. The van der Waals surface area contributed by atoms with Gasteiger partial charge in [0.2, 0.25) is 0 Å². The maximum Gasteiger partial charge on any atom is 0.126 e. The van der Waals surface area contributed by atoms with E-state index in [1.54, 1.807) is 18.8 Å². The van der Waals surface area contributed by atoms with Crippen LogP contribution in [0.5, 0.6) is 17.2 Å². The number of rotatable bonds is 9. The zero-order valence-corrected chi connectivity index (χ0v) is 21.0. The average Bonchev–Trinajstić information content (AvgIpc) is 2.82. The molecule has 0 amide bonds. The van der Waals surface area contributed by atoms with Gasteiger partial charge in [-0.1, -0.05) is 36.4 Å². The Morgan fingerprint density at radius 3 is 0.882 bits per heavy atom. The van der Waals surface area contributed by atoms with E-state index in [1.165, 1.54) is 16.7 Å². The van der Waals surface area contributed by atoms with E-state index in [2.05, 4.69) is 36.4 Å². The van der Waals surface area contributed by atoms with Crippen LogP contribution in [0.1, 0.15) is 64.2 Å². The van der Waals surface area contributed by atoms with Crippen molar-refractivity contribution in [1.82, 2.24) is 0 Å². The van der Waals surface area contributed by atoms with Crippen LogP contribution in [-0.4, -0.2) is 0 Å². The van der Waals surface area contributed by atoms with Gasteiger partial charge in [0, 0.05) is 5.92 Å². The predicted octanol–water partition coefficient (Wildman–Crippen LogP) is 8.77. The lowest BCUT2D eigenvalue weighted by Gasteiger charge is -2.20. The summed E-state index contributed by atoms with van der Waals surface area (Å²) in [6.45, 7) is 12.1. The van der Waals surface area contributed by atoms with Crippen molar-refractivity contribution in [2.24, 2.45) is 0 Å². The summed E-state index contributed by atoms with van der Waals surface area (Å²) in [5.41, 5.74) is 6.90. The largest absolute Gasteiger partial charge is 0.465 e. The van der Waals surface area contributed by atoms with Gasteiger partial charge in [0.1, 0.15) is 17.2 Å². The first-order valence-corrected chi connectivity index (χ1v) is 11.5. The Labute approximate surface area is 204 Å². The molecule has 0 aliphatic rings. The molecular formula is C31H34O3. The van der Waals surface area contributed by atoms with Crippen molar-refractivity contribution in [3.8, 4) is 17.2 Å². The summed E-state index contributed by atoms with van der Waals surface area (Å²) in [6, 6.07) is 24.8. The third kappa shape index (κ3) is 7.41. The molecule has 0 atom stereocenters. The minimum atomic E-state index is 0.0625. The van der Waals surface area contributed by atoms with Crippen LogP contribution in [0.2, 0.25) is 0 Å². The van der Waals surface area contributed by atoms with Gasteiger partial charge in [-0.3, -0.25) is 0 Å². The van der Waals surface area contributed by atoms with Gasteiger partial charge in [-0.2, -0.15) is 0 Å². The minimum Gasteiger partial charge on any atom is -0.465 e.